The normalized spacial score (nSPS) is 10.5. The lowest BCUT2D eigenvalue weighted by Crippen LogP contribution is -2.07. The molecule has 0 spiro atoms. The van der Waals surface area contributed by atoms with Gasteiger partial charge in [-0.05, 0) is 47.9 Å². The first-order valence-electron chi connectivity index (χ1n) is 7.22. The molecule has 112 valence electrons. The molecule has 0 saturated carbocycles. The Morgan fingerprint density at radius 2 is 1.71 bits per heavy atom. The molecule has 0 aromatic heterocycles. The maximum absolute atomic E-state index is 5.44. The average molecular weight is 285 g/mol. The molecule has 0 aliphatic rings. The highest BCUT2D eigenvalue weighted by Crippen LogP contribution is 2.36. The van der Waals surface area contributed by atoms with Gasteiger partial charge in [-0.1, -0.05) is 31.2 Å². The van der Waals surface area contributed by atoms with E-state index in [1.54, 1.807) is 14.2 Å². The van der Waals surface area contributed by atoms with Crippen LogP contribution in [0.1, 0.15) is 18.1 Å². The number of aryl methyl sites for hydroxylation is 1. The van der Waals surface area contributed by atoms with Gasteiger partial charge in [0.15, 0.2) is 11.5 Å². The van der Waals surface area contributed by atoms with Gasteiger partial charge < -0.3 is 14.8 Å². The Morgan fingerprint density at radius 3 is 2.33 bits per heavy atom. The first kappa shape index (κ1) is 15.4. The SMILES string of the molecule is CCc1cccc(-c2cc(OC)c(OC)cc2CNC)c1. The molecule has 2 aromatic carbocycles. The Balaban J connectivity index is 2.58. The van der Waals surface area contributed by atoms with Crippen molar-refractivity contribution in [2.75, 3.05) is 21.3 Å². The lowest BCUT2D eigenvalue weighted by molar-refractivity contribution is 0.354. The zero-order valence-corrected chi connectivity index (χ0v) is 13.2. The molecule has 0 bridgehead atoms. The predicted molar refractivity (Wildman–Crippen MR) is 87.1 cm³/mol. The van der Waals surface area contributed by atoms with Gasteiger partial charge in [-0.3, -0.25) is 0 Å². The fourth-order valence-electron chi connectivity index (χ4n) is 2.49. The second kappa shape index (κ2) is 7.14. The summed E-state index contributed by atoms with van der Waals surface area (Å²) in [7, 11) is 5.28. The van der Waals surface area contributed by atoms with Crippen molar-refractivity contribution in [1.29, 1.82) is 0 Å². The van der Waals surface area contributed by atoms with E-state index in [0.29, 0.717) is 0 Å². The molecule has 0 atom stereocenters. The molecule has 0 heterocycles. The van der Waals surface area contributed by atoms with Crippen LogP contribution < -0.4 is 14.8 Å². The van der Waals surface area contributed by atoms with E-state index < -0.39 is 0 Å². The standard InChI is InChI=1S/C18H23NO2/c1-5-13-7-6-8-14(9-13)16-11-18(21-4)17(20-3)10-15(16)12-19-2/h6-11,19H,5,12H2,1-4H3. The molecule has 3 nitrogen and oxygen atoms in total. The van der Waals surface area contributed by atoms with E-state index in [-0.39, 0.29) is 0 Å². The Bertz CT molecular complexity index is 608. The summed E-state index contributed by atoms with van der Waals surface area (Å²) in [6, 6.07) is 12.7. The molecule has 0 saturated heterocycles. The highest BCUT2D eigenvalue weighted by molar-refractivity contribution is 5.71. The minimum Gasteiger partial charge on any atom is -0.493 e. The molecule has 3 heteroatoms. The van der Waals surface area contributed by atoms with Gasteiger partial charge in [-0.25, -0.2) is 0 Å². The van der Waals surface area contributed by atoms with Gasteiger partial charge in [0, 0.05) is 6.54 Å². The van der Waals surface area contributed by atoms with E-state index in [2.05, 4.69) is 42.6 Å². The highest BCUT2D eigenvalue weighted by Gasteiger charge is 2.12. The molecule has 2 aromatic rings. The Hall–Kier alpha value is -2.00. The van der Waals surface area contributed by atoms with Crippen molar-refractivity contribution in [1.82, 2.24) is 5.32 Å². The van der Waals surface area contributed by atoms with Crippen LogP contribution in [0.5, 0.6) is 11.5 Å². The number of hydrogen-bond donors (Lipinski definition) is 1. The average Bonchev–Trinajstić information content (AvgIpc) is 2.54. The summed E-state index contributed by atoms with van der Waals surface area (Å²) in [6.07, 6.45) is 1.03. The Labute approximate surface area is 126 Å². The second-order valence-corrected chi connectivity index (χ2v) is 4.95. The minimum atomic E-state index is 0.759. The van der Waals surface area contributed by atoms with Gasteiger partial charge in [-0.15, -0.1) is 0 Å². The van der Waals surface area contributed by atoms with E-state index in [4.69, 9.17) is 9.47 Å². The summed E-state index contributed by atoms with van der Waals surface area (Å²) in [5.41, 5.74) is 4.92. The fourth-order valence-corrected chi connectivity index (χ4v) is 2.49. The molecule has 0 fully saturated rings. The fraction of sp³-hybridized carbons (Fsp3) is 0.333. The van der Waals surface area contributed by atoms with Crippen LogP contribution in [0.25, 0.3) is 11.1 Å². The first-order valence-corrected chi connectivity index (χ1v) is 7.22. The van der Waals surface area contributed by atoms with Crippen LogP contribution in [0.2, 0.25) is 0 Å². The third-order valence-electron chi connectivity index (χ3n) is 3.62. The van der Waals surface area contributed by atoms with Crippen LogP contribution >= 0.6 is 0 Å². The maximum Gasteiger partial charge on any atom is 0.161 e. The summed E-state index contributed by atoms with van der Waals surface area (Å²) in [5, 5.41) is 3.22. The van der Waals surface area contributed by atoms with Crippen molar-refractivity contribution in [2.24, 2.45) is 0 Å². The molecule has 1 N–H and O–H groups in total. The zero-order chi connectivity index (χ0) is 15.2. The van der Waals surface area contributed by atoms with Crippen molar-refractivity contribution < 1.29 is 9.47 Å². The van der Waals surface area contributed by atoms with Crippen molar-refractivity contribution >= 4 is 0 Å². The van der Waals surface area contributed by atoms with Crippen molar-refractivity contribution in [3.8, 4) is 22.6 Å². The second-order valence-electron chi connectivity index (χ2n) is 4.95. The summed E-state index contributed by atoms with van der Waals surface area (Å²) < 4.78 is 10.8. The summed E-state index contributed by atoms with van der Waals surface area (Å²) in [4.78, 5) is 0. The molecular formula is C18H23NO2. The number of benzene rings is 2. The summed E-state index contributed by atoms with van der Waals surface area (Å²) in [6.45, 7) is 2.95. The minimum absolute atomic E-state index is 0.759. The van der Waals surface area contributed by atoms with Gasteiger partial charge in [0.25, 0.3) is 0 Å². The number of ether oxygens (including phenoxy) is 2. The number of rotatable bonds is 6. The molecule has 0 aliphatic heterocycles. The molecule has 21 heavy (non-hydrogen) atoms. The smallest absolute Gasteiger partial charge is 0.161 e. The highest BCUT2D eigenvalue weighted by atomic mass is 16.5. The van der Waals surface area contributed by atoms with Crippen LogP contribution in [0.3, 0.4) is 0 Å². The lowest BCUT2D eigenvalue weighted by Gasteiger charge is -2.15. The van der Waals surface area contributed by atoms with Gasteiger partial charge in [0.1, 0.15) is 0 Å². The molecular weight excluding hydrogens is 262 g/mol. The summed E-state index contributed by atoms with van der Waals surface area (Å²) in [5.74, 6) is 1.52. The monoisotopic (exact) mass is 285 g/mol. The van der Waals surface area contributed by atoms with E-state index in [9.17, 15) is 0 Å². The van der Waals surface area contributed by atoms with Crippen molar-refractivity contribution in [2.45, 2.75) is 19.9 Å². The third kappa shape index (κ3) is 3.37. The van der Waals surface area contributed by atoms with Crippen LogP contribution in [0.4, 0.5) is 0 Å². The largest absolute Gasteiger partial charge is 0.493 e. The van der Waals surface area contributed by atoms with E-state index in [0.717, 1.165) is 24.5 Å². The van der Waals surface area contributed by atoms with Gasteiger partial charge in [-0.2, -0.15) is 0 Å². The predicted octanol–water partition coefficient (Wildman–Crippen LogP) is 3.65. The molecule has 0 aliphatic carbocycles. The van der Waals surface area contributed by atoms with E-state index >= 15 is 0 Å². The van der Waals surface area contributed by atoms with Gasteiger partial charge in [0.2, 0.25) is 0 Å². The quantitative estimate of drug-likeness (QED) is 0.878. The topological polar surface area (TPSA) is 30.5 Å². The van der Waals surface area contributed by atoms with Gasteiger partial charge >= 0.3 is 0 Å². The first-order chi connectivity index (χ1) is 10.2. The van der Waals surface area contributed by atoms with Crippen LogP contribution in [-0.2, 0) is 13.0 Å². The summed E-state index contributed by atoms with van der Waals surface area (Å²) >= 11 is 0. The number of methoxy groups -OCH3 is 2. The number of nitrogens with one attached hydrogen (secondary N) is 1. The van der Waals surface area contributed by atoms with Crippen molar-refractivity contribution in [3.63, 3.8) is 0 Å². The molecule has 0 unspecified atom stereocenters. The number of hydrogen-bond acceptors (Lipinski definition) is 3. The Kier molecular flexibility index (Phi) is 5.23. The Morgan fingerprint density at radius 1 is 1.00 bits per heavy atom. The zero-order valence-electron chi connectivity index (χ0n) is 13.2. The van der Waals surface area contributed by atoms with E-state index in [1.807, 2.05) is 13.1 Å². The lowest BCUT2D eigenvalue weighted by atomic mass is 9.96. The molecule has 0 amide bonds. The maximum atomic E-state index is 5.44. The van der Waals surface area contributed by atoms with E-state index in [1.165, 1.54) is 22.3 Å². The van der Waals surface area contributed by atoms with Crippen LogP contribution in [0.15, 0.2) is 36.4 Å². The molecule has 0 radical (unpaired) electrons. The third-order valence-corrected chi connectivity index (χ3v) is 3.62. The van der Waals surface area contributed by atoms with Gasteiger partial charge in [0.05, 0.1) is 14.2 Å². The molecule has 2 rings (SSSR count). The van der Waals surface area contributed by atoms with Crippen molar-refractivity contribution in [3.05, 3.63) is 47.5 Å². The van der Waals surface area contributed by atoms with Crippen LogP contribution in [0, 0.1) is 0 Å². The van der Waals surface area contributed by atoms with Crippen LogP contribution in [-0.4, -0.2) is 21.3 Å².